The van der Waals surface area contributed by atoms with Crippen molar-refractivity contribution in [1.29, 1.82) is 0 Å². The molecule has 0 bridgehead atoms. The summed E-state index contributed by atoms with van der Waals surface area (Å²) in [5.41, 5.74) is 4.82. The molecule has 0 aromatic heterocycles. The third-order valence-corrected chi connectivity index (χ3v) is 4.05. The molecule has 0 saturated heterocycles. The first-order valence-corrected chi connectivity index (χ1v) is 8.38. The summed E-state index contributed by atoms with van der Waals surface area (Å²) in [6.45, 7) is 0.502. The average molecular weight is 349 g/mol. The quantitative estimate of drug-likeness (QED) is 0.417. The first-order chi connectivity index (χ1) is 12.3. The van der Waals surface area contributed by atoms with Gasteiger partial charge in [0.1, 0.15) is 12.4 Å². The van der Waals surface area contributed by atoms with Crippen LogP contribution in [0, 0.1) is 0 Å². The highest BCUT2D eigenvalue weighted by Crippen LogP contribution is 2.27. The first-order valence-electron chi connectivity index (χ1n) is 7.97. The van der Waals surface area contributed by atoms with Gasteiger partial charge in [-0.25, -0.2) is 0 Å². The maximum absolute atomic E-state index is 6.05. The van der Waals surface area contributed by atoms with E-state index in [1.165, 1.54) is 0 Å². The maximum atomic E-state index is 6.05. The Hall–Kier alpha value is -2.92. The van der Waals surface area contributed by atoms with Crippen LogP contribution < -0.4 is 15.5 Å². The molecule has 3 aromatic carbocycles. The lowest BCUT2D eigenvalue weighted by molar-refractivity contribution is 0.306. The Labute approximate surface area is 152 Å². The zero-order valence-corrected chi connectivity index (χ0v) is 14.7. The van der Waals surface area contributed by atoms with Gasteiger partial charge in [-0.15, -0.1) is 0 Å². The molecule has 0 unspecified atom stereocenters. The SMILES string of the molecule is CNC(=S)N/N=C\c1c(OCc2ccccc2)ccc2ccccc12. The van der Waals surface area contributed by atoms with Crippen LogP contribution in [0.25, 0.3) is 10.8 Å². The van der Waals surface area contributed by atoms with E-state index >= 15 is 0 Å². The minimum Gasteiger partial charge on any atom is -0.488 e. The number of hydrazone groups is 1. The maximum Gasteiger partial charge on any atom is 0.186 e. The van der Waals surface area contributed by atoms with Gasteiger partial charge in [-0.3, -0.25) is 5.43 Å². The smallest absolute Gasteiger partial charge is 0.186 e. The molecule has 0 saturated carbocycles. The third-order valence-electron chi connectivity index (χ3n) is 3.75. The molecular weight excluding hydrogens is 330 g/mol. The molecule has 0 amide bonds. The second kappa shape index (κ2) is 8.26. The summed E-state index contributed by atoms with van der Waals surface area (Å²) >= 11 is 5.05. The zero-order valence-electron chi connectivity index (χ0n) is 13.9. The normalized spacial score (nSPS) is 10.8. The van der Waals surface area contributed by atoms with Gasteiger partial charge in [-0.1, -0.05) is 60.7 Å². The molecule has 0 atom stereocenters. The summed E-state index contributed by atoms with van der Waals surface area (Å²) in [7, 11) is 1.75. The van der Waals surface area contributed by atoms with Gasteiger partial charge in [0.2, 0.25) is 0 Å². The summed E-state index contributed by atoms with van der Waals surface area (Å²) in [5.74, 6) is 0.781. The predicted molar refractivity (Wildman–Crippen MR) is 107 cm³/mol. The van der Waals surface area contributed by atoms with Crippen molar-refractivity contribution in [1.82, 2.24) is 10.7 Å². The van der Waals surface area contributed by atoms with E-state index in [4.69, 9.17) is 17.0 Å². The van der Waals surface area contributed by atoms with Crippen molar-refractivity contribution in [2.24, 2.45) is 5.10 Å². The van der Waals surface area contributed by atoms with Crippen LogP contribution in [0.15, 0.2) is 71.8 Å². The van der Waals surface area contributed by atoms with Crippen molar-refractivity contribution in [3.05, 3.63) is 77.9 Å². The van der Waals surface area contributed by atoms with Crippen molar-refractivity contribution in [3.8, 4) is 5.75 Å². The number of benzene rings is 3. The van der Waals surface area contributed by atoms with Gasteiger partial charge in [0.15, 0.2) is 5.11 Å². The van der Waals surface area contributed by atoms with Crippen molar-refractivity contribution in [3.63, 3.8) is 0 Å². The lowest BCUT2D eigenvalue weighted by atomic mass is 10.0. The Morgan fingerprint density at radius 3 is 2.60 bits per heavy atom. The summed E-state index contributed by atoms with van der Waals surface area (Å²) in [6.07, 6.45) is 1.74. The summed E-state index contributed by atoms with van der Waals surface area (Å²) in [4.78, 5) is 0. The number of fused-ring (bicyclic) bond motifs is 1. The molecule has 3 rings (SSSR count). The number of hydrogen-bond donors (Lipinski definition) is 2. The molecule has 126 valence electrons. The van der Waals surface area contributed by atoms with Crippen molar-refractivity contribution in [2.75, 3.05) is 7.05 Å². The number of thiocarbonyl (C=S) groups is 1. The van der Waals surface area contributed by atoms with Crippen LogP contribution in [0.2, 0.25) is 0 Å². The number of nitrogens with one attached hydrogen (secondary N) is 2. The standard InChI is InChI=1S/C20H19N3OS/c1-21-20(25)23-22-13-18-17-10-6-5-9-16(17)11-12-19(18)24-14-15-7-3-2-4-8-15/h2-13H,14H2,1H3,(H2,21,23,25)/b22-13-. The van der Waals surface area contributed by atoms with E-state index in [1.807, 2.05) is 48.5 Å². The topological polar surface area (TPSA) is 45.7 Å². The second-order valence-corrected chi connectivity index (χ2v) is 5.83. The highest BCUT2D eigenvalue weighted by molar-refractivity contribution is 7.80. The minimum atomic E-state index is 0.461. The van der Waals surface area contributed by atoms with Gasteiger partial charge in [0.25, 0.3) is 0 Å². The number of rotatable bonds is 5. The minimum absolute atomic E-state index is 0.461. The van der Waals surface area contributed by atoms with E-state index in [1.54, 1.807) is 13.3 Å². The Kier molecular flexibility index (Phi) is 5.59. The van der Waals surface area contributed by atoms with E-state index in [9.17, 15) is 0 Å². The monoisotopic (exact) mass is 349 g/mol. The average Bonchev–Trinajstić information content (AvgIpc) is 2.67. The molecule has 2 N–H and O–H groups in total. The van der Waals surface area contributed by atoms with Crippen LogP contribution in [-0.4, -0.2) is 18.4 Å². The highest BCUT2D eigenvalue weighted by Gasteiger charge is 2.07. The molecule has 0 heterocycles. The largest absolute Gasteiger partial charge is 0.488 e. The lowest BCUT2D eigenvalue weighted by Gasteiger charge is -2.12. The second-order valence-electron chi connectivity index (χ2n) is 5.42. The van der Waals surface area contributed by atoms with Crippen molar-refractivity contribution < 1.29 is 4.74 Å². The molecular formula is C20H19N3OS. The molecule has 3 aromatic rings. The fourth-order valence-electron chi connectivity index (χ4n) is 2.48. The van der Waals surface area contributed by atoms with Gasteiger partial charge in [0.05, 0.1) is 6.21 Å². The van der Waals surface area contributed by atoms with Crippen molar-refractivity contribution >= 4 is 34.3 Å². The predicted octanol–water partition coefficient (Wildman–Crippen LogP) is 3.85. The number of hydrogen-bond acceptors (Lipinski definition) is 3. The van der Waals surface area contributed by atoms with Crippen molar-refractivity contribution in [2.45, 2.75) is 6.61 Å². The van der Waals surface area contributed by atoms with E-state index in [0.29, 0.717) is 11.7 Å². The van der Waals surface area contributed by atoms with Crippen LogP contribution >= 0.6 is 12.2 Å². The summed E-state index contributed by atoms with van der Waals surface area (Å²) < 4.78 is 6.05. The lowest BCUT2D eigenvalue weighted by Crippen LogP contribution is -2.28. The Balaban J connectivity index is 1.90. The number of ether oxygens (including phenoxy) is 1. The molecule has 0 spiro atoms. The number of nitrogens with zero attached hydrogens (tertiary/aromatic N) is 1. The molecule has 0 aliphatic rings. The summed E-state index contributed by atoms with van der Waals surface area (Å²) in [6, 6.07) is 22.3. The van der Waals surface area contributed by atoms with Crippen LogP contribution in [0.3, 0.4) is 0 Å². The first kappa shape index (κ1) is 16.9. The fourth-order valence-corrected chi connectivity index (χ4v) is 2.53. The molecule has 0 aliphatic carbocycles. The Bertz CT molecular complexity index is 894. The molecule has 0 radical (unpaired) electrons. The molecule has 5 heteroatoms. The van der Waals surface area contributed by atoms with E-state index in [-0.39, 0.29) is 0 Å². The van der Waals surface area contributed by atoms with Crippen LogP contribution in [0.1, 0.15) is 11.1 Å². The molecule has 0 fully saturated rings. The van der Waals surface area contributed by atoms with E-state index in [2.05, 4.69) is 34.0 Å². The van der Waals surface area contributed by atoms with Gasteiger partial charge < -0.3 is 10.1 Å². The van der Waals surface area contributed by atoms with Crippen LogP contribution in [0.4, 0.5) is 0 Å². The van der Waals surface area contributed by atoms with Gasteiger partial charge >= 0.3 is 0 Å². The van der Waals surface area contributed by atoms with E-state index in [0.717, 1.165) is 27.6 Å². The van der Waals surface area contributed by atoms with Crippen LogP contribution in [0.5, 0.6) is 5.75 Å². The molecule has 25 heavy (non-hydrogen) atoms. The fraction of sp³-hybridized carbons (Fsp3) is 0.100. The van der Waals surface area contributed by atoms with Gasteiger partial charge in [0, 0.05) is 12.6 Å². The zero-order chi connectivity index (χ0) is 17.5. The summed E-state index contributed by atoms with van der Waals surface area (Å²) in [5, 5.41) is 9.72. The van der Waals surface area contributed by atoms with Crippen LogP contribution in [-0.2, 0) is 6.61 Å². The van der Waals surface area contributed by atoms with Gasteiger partial charge in [-0.2, -0.15) is 5.10 Å². The third kappa shape index (κ3) is 4.33. The Morgan fingerprint density at radius 2 is 1.80 bits per heavy atom. The molecule has 0 aliphatic heterocycles. The Morgan fingerprint density at radius 1 is 1.04 bits per heavy atom. The highest BCUT2D eigenvalue weighted by atomic mass is 32.1. The molecule has 4 nitrogen and oxygen atoms in total. The van der Waals surface area contributed by atoms with E-state index < -0.39 is 0 Å². The van der Waals surface area contributed by atoms with Gasteiger partial charge in [-0.05, 0) is 34.6 Å².